The van der Waals surface area contributed by atoms with Gasteiger partial charge in [0, 0.05) is 20.6 Å². The molecule has 0 aliphatic carbocycles. The van der Waals surface area contributed by atoms with Crippen LogP contribution in [0.5, 0.6) is 6.01 Å². The summed E-state index contributed by atoms with van der Waals surface area (Å²) < 4.78 is 5.65. The molecule has 0 radical (unpaired) electrons. The van der Waals surface area contributed by atoms with Gasteiger partial charge in [-0.25, -0.2) is 0 Å². The van der Waals surface area contributed by atoms with Gasteiger partial charge < -0.3 is 15.0 Å². The Morgan fingerprint density at radius 2 is 1.94 bits per heavy atom. The highest BCUT2D eigenvalue weighted by Gasteiger charge is 2.10. The van der Waals surface area contributed by atoms with Crippen LogP contribution in [0, 0.1) is 0 Å². The first kappa shape index (κ1) is 14.5. The van der Waals surface area contributed by atoms with Gasteiger partial charge >= 0.3 is 6.01 Å². The van der Waals surface area contributed by atoms with Gasteiger partial charge in [-0.1, -0.05) is 13.8 Å². The molecule has 0 fully saturated rings. The number of nitrogens with zero attached hydrogens (tertiary/aromatic N) is 4. The summed E-state index contributed by atoms with van der Waals surface area (Å²) in [5.74, 6) is 1.16. The Balaban J connectivity index is 2.90. The Morgan fingerprint density at radius 3 is 2.50 bits per heavy atom. The number of aromatic nitrogens is 3. The normalized spacial score (nSPS) is 12.1. The van der Waals surface area contributed by atoms with Gasteiger partial charge in [-0.05, 0) is 19.8 Å². The first-order valence-corrected chi connectivity index (χ1v) is 6.40. The first-order chi connectivity index (χ1) is 8.56. The van der Waals surface area contributed by atoms with Crippen LogP contribution in [0.1, 0.15) is 33.6 Å². The monoisotopic (exact) mass is 253 g/mol. The fourth-order valence-corrected chi connectivity index (χ4v) is 1.18. The maximum atomic E-state index is 5.65. The SMILES string of the molecule is CCCNc1nc(OC(C)CC)nc(N(C)C)n1. The van der Waals surface area contributed by atoms with Crippen LogP contribution in [-0.2, 0) is 0 Å². The van der Waals surface area contributed by atoms with E-state index in [2.05, 4.69) is 34.1 Å². The molecular formula is C12H23N5O. The number of anilines is 2. The Morgan fingerprint density at radius 1 is 1.22 bits per heavy atom. The average Bonchev–Trinajstić information content (AvgIpc) is 2.35. The third-order valence-corrected chi connectivity index (χ3v) is 2.42. The van der Waals surface area contributed by atoms with E-state index in [0.29, 0.717) is 17.9 Å². The molecule has 0 aliphatic heterocycles. The first-order valence-electron chi connectivity index (χ1n) is 6.40. The standard InChI is InChI=1S/C12H23N5O/c1-6-8-13-10-14-11(17(4)5)16-12(15-10)18-9(3)7-2/h9H,6-8H2,1-5H3,(H,13,14,15,16). The molecule has 1 aromatic heterocycles. The highest BCUT2D eigenvalue weighted by Crippen LogP contribution is 2.14. The minimum Gasteiger partial charge on any atom is -0.460 e. The summed E-state index contributed by atoms with van der Waals surface area (Å²) in [5.41, 5.74) is 0. The van der Waals surface area contributed by atoms with Crippen molar-refractivity contribution >= 4 is 11.9 Å². The zero-order valence-electron chi connectivity index (χ0n) is 11.9. The topological polar surface area (TPSA) is 63.2 Å². The number of rotatable bonds is 7. The molecule has 102 valence electrons. The highest BCUT2D eigenvalue weighted by molar-refractivity contribution is 5.36. The fraction of sp³-hybridized carbons (Fsp3) is 0.750. The van der Waals surface area contributed by atoms with E-state index in [1.165, 1.54) is 0 Å². The quantitative estimate of drug-likeness (QED) is 0.801. The van der Waals surface area contributed by atoms with Gasteiger partial charge in [0.1, 0.15) is 0 Å². The van der Waals surface area contributed by atoms with Crippen LogP contribution in [0.25, 0.3) is 0 Å². The van der Waals surface area contributed by atoms with E-state index in [-0.39, 0.29) is 6.10 Å². The van der Waals surface area contributed by atoms with Gasteiger partial charge in [-0.2, -0.15) is 15.0 Å². The maximum absolute atomic E-state index is 5.65. The Bertz CT molecular complexity index is 369. The van der Waals surface area contributed by atoms with Gasteiger partial charge in [0.05, 0.1) is 6.10 Å². The molecule has 0 aromatic carbocycles. The third-order valence-electron chi connectivity index (χ3n) is 2.42. The molecule has 0 spiro atoms. The summed E-state index contributed by atoms with van der Waals surface area (Å²) in [7, 11) is 3.79. The molecule has 1 unspecified atom stereocenters. The molecule has 1 heterocycles. The lowest BCUT2D eigenvalue weighted by Gasteiger charge is -2.15. The van der Waals surface area contributed by atoms with Crippen LogP contribution in [0.2, 0.25) is 0 Å². The largest absolute Gasteiger partial charge is 0.460 e. The summed E-state index contributed by atoms with van der Waals surface area (Å²) in [6, 6.07) is 0.377. The van der Waals surface area contributed by atoms with E-state index in [9.17, 15) is 0 Å². The van der Waals surface area contributed by atoms with Gasteiger partial charge in [0.2, 0.25) is 11.9 Å². The molecular weight excluding hydrogens is 230 g/mol. The van der Waals surface area contributed by atoms with Crippen LogP contribution in [0.15, 0.2) is 0 Å². The molecule has 1 atom stereocenters. The molecule has 6 nitrogen and oxygen atoms in total. The predicted molar refractivity (Wildman–Crippen MR) is 73.3 cm³/mol. The lowest BCUT2D eigenvalue weighted by molar-refractivity contribution is 0.199. The summed E-state index contributed by atoms with van der Waals surface area (Å²) in [5, 5.41) is 3.15. The number of nitrogens with one attached hydrogen (secondary N) is 1. The van der Waals surface area contributed by atoms with Crippen LogP contribution in [0.4, 0.5) is 11.9 Å². The summed E-state index contributed by atoms with van der Waals surface area (Å²) in [4.78, 5) is 14.7. The van der Waals surface area contributed by atoms with E-state index in [1.54, 1.807) is 0 Å². The Labute approximate surface area is 109 Å². The van der Waals surface area contributed by atoms with Crippen molar-refractivity contribution in [2.24, 2.45) is 0 Å². The van der Waals surface area contributed by atoms with Crippen molar-refractivity contribution in [3.8, 4) is 6.01 Å². The highest BCUT2D eigenvalue weighted by atomic mass is 16.5. The molecule has 0 saturated carbocycles. The number of hydrogen-bond donors (Lipinski definition) is 1. The molecule has 6 heteroatoms. The predicted octanol–water partition coefficient (Wildman–Crippen LogP) is 1.94. The second-order valence-corrected chi connectivity index (χ2v) is 4.40. The van der Waals surface area contributed by atoms with Gasteiger partial charge in [-0.3, -0.25) is 0 Å². The van der Waals surface area contributed by atoms with E-state index in [4.69, 9.17) is 4.74 Å². The van der Waals surface area contributed by atoms with Gasteiger partial charge in [0.25, 0.3) is 0 Å². The maximum Gasteiger partial charge on any atom is 0.323 e. The number of ether oxygens (including phenoxy) is 1. The van der Waals surface area contributed by atoms with Crippen molar-refractivity contribution in [2.75, 3.05) is 30.9 Å². The molecule has 0 bridgehead atoms. The Kier molecular flexibility index (Phi) is 5.61. The zero-order chi connectivity index (χ0) is 13.5. The zero-order valence-corrected chi connectivity index (χ0v) is 11.9. The van der Waals surface area contributed by atoms with Gasteiger partial charge in [0.15, 0.2) is 0 Å². The lowest BCUT2D eigenvalue weighted by atomic mass is 10.3. The smallest absolute Gasteiger partial charge is 0.323 e. The summed E-state index contributed by atoms with van der Waals surface area (Å²) >= 11 is 0. The fourth-order valence-electron chi connectivity index (χ4n) is 1.18. The molecule has 0 saturated heterocycles. The van der Waals surface area contributed by atoms with E-state index >= 15 is 0 Å². The van der Waals surface area contributed by atoms with E-state index in [1.807, 2.05) is 25.9 Å². The summed E-state index contributed by atoms with van der Waals surface area (Å²) in [6.07, 6.45) is 2.03. The average molecular weight is 253 g/mol. The van der Waals surface area contributed by atoms with E-state index < -0.39 is 0 Å². The van der Waals surface area contributed by atoms with Crippen LogP contribution >= 0.6 is 0 Å². The van der Waals surface area contributed by atoms with E-state index in [0.717, 1.165) is 19.4 Å². The van der Waals surface area contributed by atoms with Crippen molar-refractivity contribution in [3.63, 3.8) is 0 Å². The third kappa shape index (κ3) is 4.35. The minimum absolute atomic E-state index is 0.0986. The number of hydrogen-bond acceptors (Lipinski definition) is 6. The molecule has 18 heavy (non-hydrogen) atoms. The second kappa shape index (κ2) is 6.98. The van der Waals surface area contributed by atoms with Crippen molar-refractivity contribution < 1.29 is 4.74 Å². The van der Waals surface area contributed by atoms with Crippen molar-refractivity contribution in [3.05, 3.63) is 0 Å². The molecule has 1 rings (SSSR count). The molecule has 1 N–H and O–H groups in total. The van der Waals surface area contributed by atoms with Crippen molar-refractivity contribution in [1.29, 1.82) is 0 Å². The van der Waals surface area contributed by atoms with Crippen LogP contribution < -0.4 is 15.0 Å². The van der Waals surface area contributed by atoms with Crippen LogP contribution in [-0.4, -0.2) is 41.7 Å². The molecule has 0 amide bonds. The Hall–Kier alpha value is -1.59. The van der Waals surface area contributed by atoms with Crippen molar-refractivity contribution in [1.82, 2.24) is 15.0 Å². The second-order valence-electron chi connectivity index (χ2n) is 4.40. The minimum atomic E-state index is 0.0986. The molecule has 0 aliphatic rings. The summed E-state index contributed by atoms with van der Waals surface area (Å²) in [6.45, 7) is 6.99. The lowest BCUT2D eigenvalue weighted by Crippen LogP contribution is -2.18. The van der Waals surface area contributed by atoms with Crippen molar-refractivity contribution in [2.45, 2.75) is 39.7 Å². The molecule has 1 aromatic rings. The van der Waals surface area contributed by atoms with Crippen LogP contribution in [0.3, 0.4) is 0 Å². The van der Waals surface area contributed by atoms with Gasteiger partial charge in [-0.15, -0.1) is 0 Å².